The van der Waals surface area contributed by atoms with Crippen LogP contribution in [0.2, 0.25) is 0 Å². The molecule has 4 nitrogen and oxygen atoms in total. The third-order valence-corrected chi connectivity index (χ3v) is 3.08. The van der Waals surface area contributed by atoms with E-state index in [0.717, 1.165) is 19.3 Å². The summed E-state index contributed by atoms with van der Waals surface area (Å²) in [7, 11) is 0. The number of unbranched alkanes of at least 4 members (excludes halogenated alkanes) is 2. The topological polar surface area (TPSA) is 49.4 Å². The zero-order valence-corrected chi connectivity index (χ0v) is 10.5. The molecule has 0 aromatic carbocycles. The smallest absolute Gasteiger partial charge is 0.245 e. The van der Waals surface area contributed by atoms with Crippen molar-refractivity contribution < 1.29 is 9.59 Å². The Bertz CT molecular complexity index is 266. The standard InChI is InChI=1S/C12H22N2O2/c1-4-6-7-8-14-10(5-2)11(15)13-9(3)12(14)16/h9-10H,4-8H2,1-3H3,(H,13,15). The molecule has 1 N–H and O–H groups in total. The highest BCUT2D eigenvalue weighted by Gasteiger charge is 2.36. The lowest BCUT2D eigenvalue weighted by Crippen LogP contribution is -2.62. The van der Waals surface area contributed by atoms with Crippen LogP contribution in [0.4, 0.5) is 0 Å². The molecule has 16 heavy (non-hydrogen) atoms. The number of hydrogen-bond donors (Lipinski definition) is 1. The van der Waals surface area contributed by atoms with Gasteiger partial charge in [0, 0.05) is 6.54 Å². The van der Waals surface area contributed by atoms with Gasteiger partial charge in [-0.15, -0.1) is 0 Å². The molecule has 1 saturated heterocycles. The van der Waals surface area contributed by atoms with Gasteiger partial charge in [-0.05, 0) is 19.8 Å². The van der Waals surface area contributed by atoms with Gasteiger partial charge in [-0.1, -0.05) is 26.7 Å². The highest BCUT2D eigenvalue weighted by atomic mass is 16.2. The van der Waals surface area contributed by atoms with Gasteiger partial charge in [-0.25, -0.2) is 0 Å². The van der Waals surface area contributed by atoms with Crippen molar-refractivity contribution >= 4 is 11.8 Å². The predicted octanol–water partition coefficient (Wildman–Crippen LogP) is 1.30. The van der Waals surface area contributed by atoms with Crippen LogP contribution < -0.4 is 5.32 Å². The van der Waals surface area contributed by atoms with Crippen LogP contribution in [0.3, 0.4) is 0 Å². The molecule has 0 aromatic rings. The van der Waals surface area contributed by atoms with E-state index in [1.165, 1.54) is 0 Å². The third-order valence-electron chi connectivity index (χ3n) is 3.08. The van der Waals surface area contributed by atoms with Gasteiger partial charge in [0.25, 0.3) is 0 Å². The average Bonchev–Trinajstić information content (AvgIpc) is 2.25. The van der Waals surface area contributed by atoms with Crippen LogP contribution in [-0.4, -0.2) is 35.3 Å². The second-order valence-electron chi connectivity index (χ2n) is 4.39. The molecule has 1 heterocycles. The lowest BCUT2D eigenvalue weighted by Gasteiger charge is -2.37. The molecule has 2 unspecified atom stereocenters. The average molecular weight is 226 g/mol. The van der Waals surface area contributed by atoms with Crippen molar-refractivity contribution in [3.8, 4) is 0 Å². The Hall–Kier alpha value is -1.06. The van der Waals surface area contributed by atoms with Crippen LogP contribution in [0.1, 0.15) is 46.5 Å². The fraction of sp³-hybridized carbons (Fsp3) is 0.833. The molecule has 0 bridgehead atoms. The van der Waals surface area contributed by atoms with Crippen LogP contribution in [0.25, 0.3) is 0 Å². The maximum Gasteiger partial charge on any atom is 0.245 e. The minimum Gasteiger partial charge on any atom is -0.343 e. The molecule has 0 aromatic heterocycles. The van der Waals surface area contributed by atoms with E-state index in [0.29, 0.717) is 13.0 Å². The maximum absolute atomic E-state index is 11.9. The summed E-state index contributed by atoms with van der Waals surface area (Å²) in [5.74, 6) is 0.0497. The number of rotatable bonds is 5. The second kappa shape index (κ2) is 5.87. The van der Waals surface area contributed by atoms with E-state index in [9.17, 15) is 9.59 Å². The minimum atomic E-state index is -0.364. The van der Waals surface area contributed by atoms with E-state index in [4.69, 9.17) is 0 Å². The third kappa shape index (κ3) is 2.74. The first kappa shape index (κ1) is 13.0. The zero-order chi connectivity index (χ0) is 12.1. The van der Waals surface area contributed by atoms with E-state index in [1.54, 1.807) is 11.8 Å². The lowest BCUT2D eigenvalue weighted by molar-refractivity contribution is -0.149. The number of hydrogen-bond acceptors (Lipinski definition) is 2. The molecule has 0 saturated carbocycles. The van der Waals surface area contributed by atoms with Crippen molar-refractivity contribution in [2.45, 2.75) is 58.5 Å². The number of nitrogens with one attached hydrogen (secondary N) is 1. The Morgan fingerprint density at radius 3 is 2.50 bits per heavy atom. The molecule has 92 valence electrons. The number of nitrogens with zero attached hydrogens (tertiary/aromatic N) is 1. The Morgan fingerprint density at radius 1 is 1.25 bits per heavy atom. The fourth-order valence-electron chi connectivity index (χ4n) is 2.12. The zero-order valence-electron chi connectivity index (χ0n) is 10.5. The first-order valence-electron chi connectivity index (χ1n) is 6.22. The lowest BCUT2D eigenvalue weighted by atomic mass is 10.1. The molecule has 1 aliphatic rings. The van der Waals surface area contributed by atoms with Gasteiger partial charge >= 0.3 is 0 Å². The molecule has 1 rings (SSSR count). The molecule has 2 amide bonds. The van der Waals surface area contributed by atoms with Crippen molar-refractivity contribution in [1.82, 2.24) is 10.2 Å². The van der Waals surface area contributed by atoms with Crippen LogP contribution in [-0.2, 0) is 9.59 Å². The van der Waals surface area contributed by atoms with Crippen LogP contribution >= 0.6 is 0 Å². The molecule has 0 spiro atoms. The SMILES string of the molecule is CCCCCN1C(=O)C(C)NC(=O)C1CC. The van der Waals surface area contributed by atoms with Gasteiger partial charge in [-0.2, -0.15) is 0 Å². The van der Waals surface area contributed by atoms with Crippen molar-refractivity contribution in [3.05, 3.63) is 0 Å². The van der Waals surface area contributed by atoms with Gasteiger partial charge in [0.2, 0.25) is 11.8 Å². The summed E-state index contributed by atoms with van der Waals surface area (Å²) in [5.41, 5.74) is 0. The van der Waals surface area contributed by atoms with Crippen molar-refractivity contribution in [2.75, 3.05) is 6.54 Å². The molecule has 2 atom stereocenters. The number of carbonyl (C=O) groups excluding carboxylic acids is 2. The van der Waals surface area contributed by atoms with Gasteiger partial charge in [0.05, 0.1) is 0 Å². The molecule has 1 aliphatic heterocycles. The highest BCUT2D eigenvalue weighted by Crippen LogP contribution is 2.14. The van der Waals surface area contributed by atoms with Crippen molar-refractivity contribution in [3.63, 3.8) is 0 Å². The number of piperazine rings is 1. The monoisotopic (exact) mass is 226 g/mol. The molecular formula is C12H22N2O2. The fourth-order valence-corrected chi connectivity index (χ4v) is 2.12. The first-order valence-corrected chi connectivity index (χ1v) is 6.22. The van der Waals surface area contributed by atoms with Gasteiger partial charge < -0.3 is 10.2 Å². The van der Waals surface area contributed by atoms with Gasteiger partial charge in [-0.3, -0.25) is 9.59 Å². The number of amides is 2. The largest absolute Gasteiger partial charge is 0.343 e. The maximum atomic E-state index is 11.9. The molecular weight excluding hydrogens is 204 g/mol. The summed E-state index contributed by atoms with van der Waals surface area (Å²) in [6.45, 7) is 6.53. The summed E-state index contributed by atoms with van der Waals surface area (Å²) in [6.07, 6.45) is 3.91. The quantitative estimate of drug-likeness (QED) is 0.718. The summed E-state index contributed by atoms with van der Waals surface area (Å²) in [6, 6.07) is -0.627. The summed E-state index contributed by atoms with van der Waals surface area (Å²) in [4.78, 5) is 25.4. The van der Waals surface area contributed by atoms with E-state index in [1.807, 2.05) is 6.92 Å². The van der Waals surface area contributed by atoms with Gasteiger partial charge in [0.1, 0.15) is 12.1 Å². The second-order valence-corrected chi connectivity index (χ2v) is 4.39. The summed E-state index contributed by atoms with van der Waals surface area (Å²) < 4.78 is 0. The predicted molar refractivity (Wildman–Crippen MR) is 62.9 cm³/mol. The van der Waals surface area contributed by atoms with Crippen LogP contribution in [0.5, 0.6) is 0 Å². The van der Waals surface area contributed by atoms with E-state index >= 15 is 0 Å². The van der Waals surface area contributed by atoms with Gasteiger partial charge in [0.15, 0.2) is 0 Å². The van der Waals surface area contributed by atoms with E-state index in [-0.39, 0.29) is 23.9 Å². The highest BCUT2D eigenvalue weighted by molar-refractivity contribution is 5.96. The van der Waals surface area contributed by atoms with E-state index < -0.39 is 0 Å². The molecule has 0 aliphatic carbocycles. The summed E-state index contributed by atoms with van der Waals surface area (Å²) in [5, 5.41) is 2.72. The first-order chi connectivity index (χ1) is 7.61. The van der Waals surface area contributed by atoms with E-state index in [2.05, 4.69) is 12.2 Å². The summed E-state index contributed by atoms with van der Waals surface area (Å²) >= 11 is 0. The van der Waals surface area contributed by atoms with Crippen LogP contribution in [0, 0.1) is 0 Å². The molecule has 4 heteroatoms. The van der Waals surface area contributed by atoms with Crippen molar-refractivity contribution in [2.24, 2.45) is 0 Å². The Balaban J connectivity index is 2.65. The minimum absolute atomic E-state index is 0.00824. The Labute approximate surface area is 97.4 Å². The normalized spacial score (nSPS) is 25.8. The molecule has 0 radical (unpaired) electrons. The van der Waals surface area contributed by atoms with Crippen LogP contribution in [0.15, 0.2) is 0 Å². The number of carbonyl (C=O) groups is 2. The molecule has 1 fully saturated rings. The van der Waals surface area contributed by atoms with Crippen molar-refractivity contribution in [1.29, 1.82) is 0 Å². The Morgan fingerprint density at radius 2 is 1.94 bits per heavy atom. The Kier molecular flexibility index (Phi) is 4.77.